The molecule has 1 aromatic heterocycles. The van der Waals surface area contributed by atoms with Crippen molar-refractivity contribution in [3.05, 3.63) is 70.2 Å². The summed E-state index contributed by atoms with van der Waals surface area (Å²) in [4.78, 5) is 24.8. The number of nitrogens with zero attached hydrogens (tertiary/aromatic N) is 1. The van der Waals surface area contributed by atoms with Gasteiger partial charge >= 0.3 is 0 Å². The monoisotopic (exact) mass is 406 g/mol. The molecule has 3 rings (SSSR count). The molecule has 3 N–H and O–H groups in total. The Morgan fingerprint density at radius 3 is 2.68 bits per heavy atom. The van der Waals surface area contributed by atoms with E-state index in [4.69, 9.17) is 0 Å². The molecule has 0 spiro atoms. The van der Waals surface area contributed by atoms with E-state index in [0.717, 1.165) is 6.07 Å². The molecule has 0 aliphatic carbocycles. The average molecular weight is 406 g/mol. The molecule has 3 aromatic rings. The molecule has 0 unspecified atom stereocenters. The lowest BCUT2D eigenvalue weighted by Crippen LogP contribution is -2.34. The minimum absolute atomic E-state index is 0.0171. The van der Waals surface area contributed by atoms with Gasteiger partial charge in [-0.15, -0.1) is 0 Å². The first-order valence-electron chi connectivity index (χ1n) is 8.07. The maximum atomic E-state index is 13.2. The van der Waals surface area contributed by atoms with Crippen LogP contribution in [-0.4, -0.2) is 37.3 Å². The summed E-state index contributed by atoms with van der Waals surface area (Å²) in [6, 6.07) is 10.2. The van der Waals surface area contributed by atoms with Crippen molar-refractivity contribution in [3.63, 3.8) is 0 Å². The lowest BCUT2D eigenvalue weighted by atomic mass is 10.2. The first kappa shape index (κ1) is 19.5. The Bertz CT molecular complexity index is 1160. The lowest BCUT2D eigenvalue weighted by Gasteiger charge is -2.07. The van der Waals surface area contributed by atoms with Crippen LogP contribution < -0.4 is 10.0 Å². The van der Waals surface area contributed by atoms with E-state index in [2.05, 4.69) is 15.0 Å². The summed E-state index contributed by atoms with van der Waals surface area (Å²) < 4.78 is 39.8. The van der Waals surface area contributed by atoms with Crippen LogP contribution >= 0.6 is 0 Å². The molecule has 28 heavy (non-hydrogen) atoms. The van der Waals surface area contributed by atoms with Crippen LogP contribution in [0.4, 0.5) is 10.1 Å². The van der Waals surface area contributed by atoms with Crippen molar-refractivity contribution in [3.8, 4) is 0 Å². The van der Waals surface area contributed by atoms with Gasteiger partial charge in [-0.2, -0.15) is 0 Å². The van der Waals surface area contributed by atoms with Crippen molar-refractivity contribution in [1.29, 1.82) is 0 Å². The van der Waals surface area contributed by atoms with Gasteiger partial charge in [0.05, 0.1) is 9.82 Å². The van der Waals surface area contributed by atoms with Gasteiger partial charge in [0.25, 0.3) is 11.6 Å². The lowest BCUT2D eigenvalue weighted by molar-refractivity contribution is -0.385. The Balaban J connectivity index is 1.57. The molecule has 0 atom stereocenters. The molecule has 0 saturated heterocycles. The minimum atomic E-state index is -3.96. The van der Waals surface area contributed by atoms with Crippen molar-refractivity contribution in [2.24, 2.45) is 0 Å². The summed E-state index contributed by atoms with van der Waals surface area (Å²) in [5.74, 6) is -0.903. The van der Waals surface area contributed by atoms with E-state index in [0.29, 0.717) is 10.9 Å². The smallest absolute Gasteiger partial charge is 0.270 e. The number of aromatic amines is 1. The highest BCUT2D eigenvalue weighted by molar-refractivity contribution is 7.89. The van der Waals surface area contributed by atoms with Crippen molar-refractivity contribution in [1.82, 2.24) is 15.0 Å². The molecule has 0 bridgehead atoms. The minimum Gasteiger partial charge on any atom is -0.351 e. The second-order valence-corrected chi connectivity index (χ2v) is 7.59. The summed E-state index contributed by atoms with van der Waals surface area (Å²) in [5, 5.41) is 13.8. The first-order chi connectivity index (χ1) is 13.3. The Hall–Kier alpha value is -3.31. The Labute approximate surface area is 158 Å². The zero-order valence-corrected chi connectivity index (χ0v) is 15.1. The standard InChI is InChI=1S/C17H15FN4O5S/c18-12-4-5-15-11(8-12)9-16(21-15)17(23)19-6-7-20-28(26,27)14-3-1-2-13(10-14)22(24)25/h1-5,8-10,20-21H,6-7H2,(H,19,23). The molecule has 1 heterocycles. The number of hydrogen-bond donors (Lipinski definition) is 3. The second kappa shape index (κ2) is 7.74. The first-order valence-corrected chi connectivity index (χ1v) is 9.55. The third-order valence-corrected chi connectivity index (χ3v) is 5.33. The number of non-ortho nitro benzene ring substituents is 1. The van der Waals surface area contributed by atoms with Gasteiger partial charge in [0.2, 0.25) is 10.0 Å². The third-order valence-electron chi connectivity index (χ3n) is 3.87. The van der Waals surface area contributed by atoms with Gasteiger partial charge in [0.1, 0.15) is 11.5 Å². The topological polar surface area (TPSA) is 134 Å². The predicted molar refractivity (Wildman–Crippen MR) is 98.9 cm³/mol. The number of carbonyl (C=O) groups excluding carboxylic acids is 1. The van der Waals surface area contributed by atoms with Crippen LogP contribution in [0.1, 0.15) is 10.5 Å². The van der Waals surface area contributed by atoms with Gasteiger partial charge in [0.15, 0.2) is 0 Å². The fourth-order valence-corrected chi connectivity index (χ4v) is 3.60. The molecule has 0 saturated carbocycles. The maximum Gasteiger partial charge on any atom is 0.270 e. The molecule has 146 valence electrons. The Kier molecular flexibility index (Phi) is 5.38. The number of nitro benzene ring substituents is 1. The number of sulfonamides is 1. The van der Waals surface area contributed by atoms with Crippen LogP contribution in [0.15, 0.2) is 53.4 Å². The van der Waals surface area contributed by atoms with Crippen molar-refractivity contribution < 1.29 is 22.5 Å². The van der Waals surface area contributed by atoms with Gasteiger partial charge in [-0.3, -0.25) is 14.9 Å². The number of aromatic nitrogens is 1. The van der Waals surface area contributed by atoms with Crippen molar-refractivity contribution in [2.45, 2.75) is 4.90 Å². The quantitative estimate of drug-likeness (QED) is 0.313. The van der Waals surface area contributed by atoms with Crippen LogP contribution in [0.2, 0.25) is 0 Å². The zero-order valence-electron chi connectivity index (χ0n) is 14.3. The van der Waals surface area contributed by atoms with Gasteiger partial charge in [-0.25, -0.2) is 17.5 Å². The fourth-order valence-electron chi connectivity index (χ4n) is 2.53. The number of nitro groups is 1. The molecule has 1 amide bonds. The summed E-state index contributed by atoms with van der Waals surface area (Å²) in [6.45, 7) is -0.137. The van der Waals surface area contributed by atoms with Crippen LogP contribution in [0, 0.1) is 15.9 Å². The Morgan fingerprint density at radius 1 is 1.14 bits per heavy atom. The highest BCUT2D eigenvalue weighted by Crippen LogP contribution is 2.17. The van der Waals surface area contributed by atoms with Gasteiger partial charge in [-0.1, -0.05) is 6.07 Å². The SMILES string of the molecule is O=C(NCCNS(=O)(=O)c1cccc([N+](=O)[O-])c1)c1cc2cc(F)ccc2[nH]1. The van der Waals surface area contributed by atoms with Crippen molar-refractivity contribution >= 4 is 32.5 Å². The fraction of sp³-hybridized carbons (Fsp3) is 0.118. The predicted octanol–water partition coefficient (Wildman–Crippen LogP) is 1.92. The summed E-state index contributed by atoms with van der Waals surface area (Å²) in [7, 11) is -3.96. The molecule has 2 aromatic carbocycles. The van der Waals surface area contributed by atoms with E-state index in [1.807, 2.05) is 0 Å². The highest BCUT2D eigenvalue weighted by Gasteiger charge is 2.17. The van der Waals surface area contributed by atoms with Gasteiger partial charge in [-0.05, 0) is 30.3 Å². The summed E-state index contributed by atoms with van der Waals surface area (Å²) in [5.41, 5.74) is 0.464. The third kappa shape index (κ3) is 4.32. The summed E-state index contributed by atoms with van der Waals surface area (Å²) >= 11 is 0. The molecule has 0 aliphatic rings. The number of nitrogens with one attached hydrogen (secondary N) is 3. The largest absolute Gasteiger partial charge is 0.351 e. The highest BCUT2D eigenvalue weighted by atomic mass is 32.2. The van der Waals surface area contributed by atoms with Gasteiger partial charge in [0, 0.05) is 36.1 Å². The molecular formula is C17H15FN4O5S. The van der Waals surface area contributed by atoms with Crippen LogP contribution in [0.25, 0.3) is 10.9 Å². The number of carbonyl (C=O) groups is 1. The number of benzene rings is 2. The summed E-state index contributed by atoms with van der Waals surface area (Å²) in [6.07, 6.45) is 0. The molecule has 11 heteroatoms. The van der Waals surface area contributed by atoms with E-state index in [1.54, 1.807) is 0 Å². The number of halogens is 1. The maximum absolute atomic E-state index is 13.2. The van der Waals surface area contributed by atoms with Crippen LogP contribution in [0.5, 0.6) is 0 Å². The van der Waals surface area contributed by atoms with Crippen LogP contribution in [-0.2, 0) is 10.0 Å². The second-order valence-electron chi connectivity index (χ2n) is 5.82. The average Bonchev–Trinajstić information content (AvgIpc) is 3.08. The van der Waals surface area contributed by atoms with Crippen molar-refractivity contribution in [2.75, 3.05) is 13.1 Å². The van der Waals surface area contributed by atoms with E-state index < -0.39 is 26.7 Å². The number of fused-ring (bicyclic) bond motifs is 1. The van der Waals surface area contributed by atoms with E-state index in [9.17, 15) is 27.7 Å². The molecule has 0 aliphatic heterocycles. The normalized spacial score (nSPS) is 11.5. The molecular weight excluding hydrogens is 391 g/mol. The van der Waals surface area contributed by atoms with E-state index in [1.165, 1.54) is 42.5 Å². The Morgan fingerprint density at radius 2 is 1.93 bits per heavy atom. The molecule has 0 fully saturated rings. The van der Waals surface area contributed by atoms with E-state index >= 15 is 0 Å². The van der Waals surface area contributed by atoms with E-state index in [-0.39, 0.29) is 29.4 Å². The number of H-pyrrole nitrogens is 1. The zero-order chi connectivity index (χ0) is 20.3. The van der Waals surface area contributed by atoms with Crippen LogP contribution in [0.3, 0.4) is 0 Å². The molecule has 0 radical (unpaired) electrons. The molecule has 9 nitrogen and oxygen atoms in total. The van der Waals surface area contributed by atoms with Gasteiger partial charge < -0.3 is 10.3 Å². The number of rotatable bonds is 7. The number of hydrogen-bond acceptors (Lipinski definition) is 5. The number of amides is 1.